The summed E-state index contributed by atoms with van der Waals surface area (Å²) in [5.41, 5.74) is 1.77. The number of benzene rings is 2. The van der Waals surface area contributed by atoms with Gasteiger partial charge < -0.3 is 14.6 Å². The number of carbonyl (C=O) groups is 1. The highest BCUT2D eigenvalue weighted by Crippen LogP contribution is 2.27. The van der Waals surface area contributed by atoms with E-state index in [1.807, 2.05) is 42.8 Å². The number of amides is 1. The Labute approximate surface area is 189 Å². The van der Waals surface area contributed by atoms with Crippen molar-refractivity contribution < 1.29 is 9.53 Å². The largest absolute Gasteiger partial charge is 0.483 e. The van der Waals surface area contributed by atoms with E-state index < -0.39 is 0 Å². The molecule has 3 aromatic rings. The molecular formula is C21H22Cl2N4O2S. The summed E-state index contributed by atoms with van der Waals surface area (Å²) >= 11 is 13.3. The third kappa shape index (κ3) is 5.68. The number of halogens is 2. The third-order valence-corrected chi connectivity index (χ3v) is 5.98. The van der Waals surface area contributed by atoms with Gasteiger partial charge >= 0.3 is 0 Å². The fourth-order valence-corrected chi connectivity index (χ4v) is 3.95. The second-order valence-electron chi connectivity index (χ2n) is 6.62. The van der Waals surface area contributed by atoms with Crippen LogP contribution in [0.5, 0.6) is 5.75 Å². The normalized spacial score (nSPS) is 11.9. The SMILES string of the molecule is CCc1ccc(O[C@H](C)c2nnc(SCC(=O)Nc3ccc(Cl)cc3Cl)n2C)cc1. The van der Waals surface area contributed by atoms with Gasteiger partial charge in [0.15, 0.2) is 17.1 Å². The number of nitrogens with one attached hydrogen (secondary N) is 1. The molecule has 1 aromatic heterocycles. The zero-order chi connectivity index (χ0) is 21.7. The van der Waals surface area contributed by atoms with Crippen LogP contribution < -0.4 is 10.1 Å². The van der Waals surface area contributed by atoms with E-state index in [4.69, 9.17) is 27.9 Å². The Morgan fingerprint density at radius 2 is 1.93 bits per heavy atom. The summed E-state index contributed by atoms with van der Waals surface area (Å²) in [6.45, 7) is 4.03. The van der Waals surface area contributed by atoms with Crippen molar-refractivity contribution in [1.82, 2.24) is 14.8 Å². The Bertz CT molecular complexity index is 1020. The molecule has 0 aliphatic carbocycles. The van der Waals surface area contributed by atoms with Gasteiger partial charge in [-0.2, -0.15) is 0 Å². The lowest BCUT2D eigenvalue weighted by Crippen LogP contribution is -2.15. The van der Waals surface area contributed by atoms with Crippen LogP contribution in [0, 0.1) is 0 Å². The highest BCUT2D eigenvalue weighted by atomic mass is 35.5. The minimum Gasteiger partial charge on any atom is -0.483 e. The summed E-state index contributed by atoms with van der Waals surface area (Å²) in [5.74, 6) is 1.42. The van der Waals surface area contributed by atoms with E-state index in [-0.39, 0.29) is 17.8 Å². The van der Waals surface area contributed by atoms with E-state index >= 15 is 0 Å². The molecule has 0 saturated carbocycles. The van der Waals surface area contributed by atoms with Gasteiger partial charge in [0, 0.05) is 12.1 Å². The number of ether oxygens (including phenoxy) is 1. The van der Waals surface area contributed by atoms with Crippen LogP contribution >= 0.6 is 35.0 Å². The molecule has 3 rings (SSSR count). The third-order valence-electron chi connectivity index (χ3n) is 4.41. The van der Waals surface area contributed by atoms with Crippen LogP contribution in [0.15, 0.2) is 47.6 Å². The first-order valence-corrected chi connectivity index (χ1v) is 11.1. The molecule has 0 saturated heterocycles. The van der Waals surface area contributed by atoms with Crippen molar-refractivity contribution in [2.24, 2.45) is 7.05 Å². The number of anilines is 1. The molecule has 0 aliphatic rings. The summed E-state index contributed by atoms with van der Waals surface area (Å²) in [5, 5.41) is 12.7. The number of aryl methyl sites for hydroxylation is 1. The molecular weight excluding hydrogens is 443 g/mol. The highest BCUT2D eigenvalue weighted by Gasteiger charge is 2.18. The zero-order valence-electron chi connectivity index (χ0n) is 16.9. The molecule has 0 radical (unpaired) electrons. The lowest BCUT2D eigenvalue weighted by molar-refractivity contribution is -0.113. The van der Waals surface area contributed by atoms with Crippen LogP contribution in [0.2, 0.25) is 10.0 Å². The lowest BCUT2D eigenvalue weighted by atomic mass is 10.2. The molecule has 1 atom stereocenters. The summed E-state index contributed by atoms with van der Waals surface area (Å²) < 4.78 is 7.82. The van der Waals surface area contributed by atoms with Crippen LogP contribution in [-0.4, -0.2) is 26.4 Å². The van der Waals surface area contributed by atoms with Crippen LogP contribution in [0.1, 0.15) is 31.3 Å². The molecule has 30 heavy (non-hydrogen) atoms. The van der Waals surface area contributed by atoms with E-state index in [2.05, 4.69) is 22.4 Å². The monoisotopic (exact) mass is 464 g/mol. The van der Waals surface area contributed by atoms with Gasteiger partial charge in [0.1, 0.15) is 5.75 Å². The van der Waals surface area contributed by atoms with Crippen molar-refractivity contribution >= 4 is 46.6 Å². The molecule has 0 fully saturated rings. The van der Waals surface area contributed by atoms with Gasteiger partial charge in [-0.05, 0) is 49.2 Å². The Morgan fingerprint density at radius 3 is 2.60 bits per heavy atom. The first-order chi connectivity index (χ1) is 14.4. The molecule has 1 N–H and O–H groups in total. The molecule has 0 spiro atoms. The fraction of sp³-hybridized carbons (Fsp3) is 0.286. The smallest absolute Gasteiger partial charge is 0.234 e. The molecule has 2 aromatic carbocycles. The van der Waals surface area contributed by atoms with Crippen molar-refractivity contribution in [3.8, 4) is 5.75 Å². The van der Waals surface area contributed by atoms with Gasteiger partial charge in [0.2, 0.25) is 5.91 Å². The number of nitrogens with zero attached hydrogens (tertiary/aromatic N) is 3. The van der Waals surface area contributed by atoms with Gasteiger partial charge in [0.05, 0.1) is 16.5 Å². The van der Waals surface area contributed by atoms with Crippen LogP contribution in [0.4, 0.5) is 5.69 Å². The first kappa shape index (κ1) is 22.5. The minimum atomic E-state index is -0.286. The maximum absolute atomic E-state index is 12.3. The number of carbonyl (C=O) groups excluding carboxylic acids is 1. The quantitative estimate of drug-likeness (QED) is 0.442. The molecule has 158 valence electrons. The number of aromatic nitrogens is 3. The molecule has 1 amide bonds. The van der Waals surface area contributed by atoms with Crippen molar-refractivity contribution in [2.75, 3.05) is 11.1 Å². The highest BCUT2D eigenvalue weighted by molar-refractivity contribution is 7.99. The Kier molecular flexibility index (Phi) is 7.64. The number of hydrogen-bond donors (Lipinski definition) is 1. The molecule has 1 heterocycles. The average molecular weight is 465 g/mol. The van der Waals surface area contributed by atoms with Gasteiger partial charge in [-0.3, -0.25) is 4.79 Å². The predicted molar refractivity (Wildman–Crippen MR) is 122 cm³/mol. The summed E-state index contributed by atoms with van der Waals surface area (Å²) in [7, 11) is 1.85. The summed E-state index contributed by atoms with van der Waals surface area (Å²) in [6.07, 6.45) is 0.698. The van der Waals surface area contributed by atoms with Crippen LogP contribution in [0.25, 0.3) is 0 Å². The second kappa shape index (κ2) is 10.2. The van der Waals surface area contributed by atoms with Crippen molar-refractivity contribution in [3.63, 3.8) is 0 Å². The van der Waals surface area contributed by atoms with Gasteiger partial charge in [0.25, 0.3) is 0 Å². The topological polar surface area (TPSA) is 69.0 Å². The van der Waals surface area contributed by atoms with E-state index in [9.17, 15) is 4.79 Å². The predicted octanol–water partition coefficient (Wildman–Crippen LogP) is 5.56. The molecule has 0 unspecified atom stereocenters. The second-order valence-corrected chi connectivity index (χ2v) is 8.40. The van der Waals surface area contributed by atoms with Crippen molar-refractivity contribution in [3.05, 3.63) is 63.9 Å². The first-order valence-electron chi connectivity index (χ1n) is 9.40. The Balaban J connectivity index is 1.58. The van der Waals surface area contributed by atoms with E-state index in [0.29, 0.717) is 26.7 Å². The minimum absolute atomic E-state index is 0.165. The number of hydrogen-bond acceptors (Lipinski definition) is 5. The standard InChI is InChI=1S/C21H22Cl2N4O2S/c1-4-14-5-8-16(9-6-14)29-13(2)20-25-26-21(27(20)3)30-12-19(28)24-18-10-7-15(22)11-17(18)23/h5-11,13H,4,12H2,1-3H3,(H,24,28)/t13-/m1/s1. The van der Waals surface area contributed by atoms with Crippen molar-refractivity contribution in [1.29, 1.82) is 0 Å². The molecule has 6 nitrogen and oxygen atoms in total. The Morgan fingerprint density at radius 1 is 1.20 bits per heavy atom. The number of rotatable bonds is 8. The van der Waals surface area contributed by atoms with Crippen molar-refractivity contribution in [2.45, 2.75) is 31.5 Å². The fourth-order valence-electron chi connectivity index (χ4n) is 2.77. The van der Waals surface area contributed by atoms with E-state index in [1.165, 1.54) is 17.3 Å². The van der Waals surface area contributed by atoms with Crippen LogP contribution in [-0.2, 0) is 18.3 Å². The maximum atomic E-state index is 12.3. The maximum Gasteiger partial charge on any atom is 0.234 e. The van der Waals surface area contributed by atoms with Gasteiger partial charge in [-0.25, -0.2) is 0 Å². The summed E-state index contributed by atoms with van der Waals surface area (Å²) in [4.78, 5) is 12.3. The lowest BCUT2D eigenvalue weighted by Gasteiger charge is -2.14. The molecule has 0 aliphatic heterocycles. The average Bonchev–Trinajstić information content (AvgIpc) is 3.09. The Hall–Kier alpha value is -2.22. The number of thioether (sulfide) groups is 1. The zero-order valence-corrected chi connectivity index (χ0v) is 19.2. The van der Waals surface area contributed by atoms with Crippen LogP contribution in [0.3, 0.4) is 0 Å². The van der Waals surface area contributed by atoms with Gasteiger partial charge in [-0.15, -0.1) is 10.2 Å². The van der Waals surface area contributed by atoms with Gasteiger partial charge in [-0.1, -0.05) is 54.0 Å². The van der Waals surface area contributed by atoms with E-state index in [1.54, 1.807) is 18.2 Å². The molecule has 9 heteroatoms. The molecule has 0 bridgehead atoms. The summed E-state index contributed by atoms with van der Waals surface area (Å²) in [6, 6.07) is 12.9. The van der Waals surface area contributed by atoms with E-state index in [0.717, 1.165) is 12.2 Å².